The van der Waals surface area contributed by atoms with Crippen molar-refractivity contribution in [2.24, 2.45) is 0 Å². The molecule has 1 aliphatic rings. The van der Waals surface area contributed by atoms with Crippen LogP contribution in [0.4, 0.5) is 0 Å². The molecule has 2 N–H and O–H groups in total. The minimum absolute atomic E-state index is 0.333. The molecular formula is C19H23NO5. The first-order valence-electron chi connectivity index (χ1n) is 8.37. The summed E-state index contributed by atoms with van der Waals surface area (Å²) in [5.74, 6) is -1.31. The summed E-state index contributed by atoms with van der Waals surface area (Å²) >= 11 is 0. The maximum atomic E-state index is 11.8. The van der Waals surface area contributed by atoms with E-state index in [0.717, 1.165) is 30.4 Å². The quantitative estimate of drug-likeness (QED) is 0.586. The van der Waals surface area contributed by atoms with Crippen LogP contribution in [0.1, 0.15) is 43.7 Å². The number of hydrogen-bond donors (Lipinski definition) is 2. The molecule has 1 amide bonds. The maximum Gasteiger partial charge on any atom is 0.331 e. The predicted octanol–water partition coefficient (Wildman–Crippen LogP) is 3.15. The Hall–Kier alpha value is -2.44. The van der Waals surface area contributed by atoms with Gasteiger partial charge < -0.3 is 9.84 Å². The zero-order valence-corrected chi connectivity index (χ0v) is 14.2. The van der Waals surface area contributed by atoms with Gasteiger partial charge in [-0.05, 0) is 48.6 Å². The van der Waals surface area contributed by atoms with Crippen molar-refractivity contribution in [3.63, 3.8) is 0 Å². The van der Waals surface area contributed by atoms with E-state index in [9.17, 15) is 9.59 Å². The molecule has 1 saturated heterocycles. The summed E-state index contributed by atoms with van der Waals surface area (Å²) in [4.78, 5) is 28.1. The number of aliphatic carboxylic acids is 1. The van der Waals surface area contributed by atoms with Crippen LogP contribution in [-0.4, -0.2) is 29.9 Å². The number of carboxylic acid groups (broad SMARTS) is 1. The minimum Gasteiger partial charge on any atom is -0.478 e. The van der Waals surface area contributed by atoms with Gasteiger partial charge in [0.25, 0.3) is 5.91 Å². The van der Waals surface area contributed by atoms with Crippen LogP contribution in [0.2, 0.25) is 0 Å². The van der Waals surface area contributed by atoms with Gasteiger partial charge >= 0.3 is 5.97 Å². The lowest BCUT2D eigenvalue weighted by Crippen LogP contribution is -2.32. The minimum atomic E-state index is -0.926. The molecule has 1 aromatic carbocycles. The van der Waals surface area contributed by atoms with Gasteiger partial charge in [-0.25, -0.2) is 15.1 Å². The van der Waals surface area contributed by atoms with E-state index < -0.39 is 5.97 Å². The van der Waals surface area contributed by atoms with Crippen molar-refractivity contribution in [2.45, 2.75) is 38.9 Å². The number of hydroxylamine groups is 1. The Kier molecular flexibility index (Phi) is 7.37. The number of benzene rings is 1. The van der Waals surface area contributed by atoms with Crippen LogP contribution in [0.15, 0.2) is 35.9 Å². The Balaban J connectivity index is 1.92. The Labute approximate surface area is 147 Å². The molecule has 0 saturated carbocycles. The maximum absolute atomic E-state index is 11.8. The average Bonchev–Trinajstić information content (AvgIpc) is 2.63. The third-order valence-corrected chi connectivity index (χ3v) is 3.76. The first-order chi connectivity index (χ1) is 12.1. The second-order valence-corrected chi connectivity index (χ2v) is 5.71. The zero-order chi connectivity index (χ0) is 18.1. The van der Waals surface area contributed by atoms with Crippen LogP contribution in [0, 0.1) is 0 Å². The van der Waals surface area contributed by atoms with Crippen molar-refractivity contribution < 1.29 is 24.3 Å². The average molecular weight is 345 g/mol. The highest BCUT2D eigenvalue weighted by atomic mass is 16.8. The van der Waals surface area contributed by atoms with E-state index >= 15 is 0 Å². The van der Waals surface area contributed by atoms with Gasteiger partial charge in [-0.15, -0.1) is 0 Å². The zero-order valence-electron chi connectivity index (χ0n) is 14.2. The fourth-order valence-electron chi connectivity index (χ4n) is 2.40. The first kappa shape index (κ1) is 18.9. The van der Waals surface area contributed by atoms with Crippen LogP contribution in [0.5, 0.6) is 0 Å². The van der Waals surface area contributed by atoms with Gasteiger partial charge in [-0.3, -0.25) is 4.79 Å². The third-order valence-electron chi connectivity index (χ3n) is 3.76. The number of carboxylic acids is 1. The van der Waals surface area contributed by atoms with Crippen LogP contribution in [0.3, 0.4) is 0 Å². The van der Waals surface area contributed by atoms with Crippen molar-refractivity contribution in [1.29, 1.82) is 0 Å². The largest absolute Gasteiger partial charge is 0.478 e. The summed E-state index contributed by atoms with van der Waals surface area (Å²) in [5.41, 5.74) is 4.25. The van der Waals surface area contributed by atoms with Crippen molar-refractivity contribution in [3.8, 4) is 0 Å². The summed E-state index contributed by atoms with van der Waals surface area (Å²) in [5, 5.41) is 9.09. The van der Waals surface area contributed by atoms with E-state index in [1.54, 1.807) is 19.1 Å². The van der Waals surface area contributed by atoms with Gasteiger partial charge in [-0.2, -0.15) is 0 Å². The number of hydrogen-bond acceptors (Lipinski definition) is 4. The van der Waals surface area contributed by atoms with Crippen LogP contribution < -0.4 is 5.48 Å². The number of amides is 1. The van der Waals surface area contributed by atoms with Gasteiger partial charge in [0.2, 0.25) is 0 Å². The number of carbonyl (C=O) groups is 2. The fraction of sp³-hybridized carbons (Fsp3) is 0.368. The molecule has 0 aliphatic carbocycles. The molecular weight excluding hydrogens is 322 g/mol. The van der Waals surface area contributed by atoms with E-state index in [1.165, 1.54) is 6.08 Å². The third kappa shape index (κ3) is 6.52. The first-order valence-corrected chi connectivity index (χ1v) is 8.37. The van der Waals surface area contributed by atoms with Gasteiger partial charge in [-0.1, -0.05) is 25.1 Å². The predicted molar refractivity (Wildman–Crippen MR) is 94.2 cm³/mol. The number of carbonyl (C=O) groups excluding carboxylic acids is 1. The van der Waals surface area contributed by atoms with Gasteiger partial charge in [0.1, 0.15) is 0 Å². The summed E-state index contributed by atoms with van der Waals surface area (Å²) in [6.07, 6.45) is 7.49. The van der Waals surface area contributed by atoms with E-state index in [0.29, 0.717) is 18.6 Å². The summed E-state index contributed by atoms with van der Waals surface area (Å²) in [6.45, 7) is 2.44. The summed E-state index contributed by atoms with van der Waals surface area (Å²) in [6, 6.07) is 7.27. The Bertz CT molecular complexity index is 660. The van der Waals surface area contributed by atoms with Gasteiger partial charge in [0, 0.05) is 24.7 Å². The molecule has 2 rings (SSSR count). The lowest BCUT2D eigenvalue weighted by Gasteiger charge is -2.21. The van der Waals surface area contributed by atoms with E-state index in [4.69, 9.17) is 14.7 Å². The monoisotopic (exact) mass is 345 g/mol. The van der Waals surface area contributed by atoms with Crippen LogP contribution in [-0.2, 0) is 19.2 Å². The molecule has 0 aromatic heterocycles. The van der Waals surface area contributed by atoms with Crippen molar-refractivity contribution in [1.82, 2.24) is 5.48 Å². The molecule has 0 bridgehead atoms. The molecule has 0 radical (unpaired) electrons. The highest BCUT2D eigenvalue weighted by Gasteiger charge is 2.14. The number of nitrogens with one attached hydrogen (secondary N) is 1. The Morgan fingerprint density at radius 2 is 2.16 bits per heavy atom. The van der Waals surface area contributed by atoms with Crippen LogP contribution in [0.25, 0.3) is 12.2 Å². The summed E-state index contributed by atoms with van der Waals surface area (Å²) < 4.78 is 5.36. The lowest BCUT2D eigenvalue weighted by atomic mass is 10.1. The number of rotatable bonds is 7. The molecule has 1 aliphatic heterocycles. The Morgan fingerprint density at radius 1 is 1.36 bits per heavy atom. The lowest BCUT2D eigenvalue weighted by molar-refractivity contribution is -0.198. The van der Waals surface area contributed by atoms with Gasteiger partial charge in [0.05, 0.1) is 0 Å². The molecule has 6 nitrogen and oxygen atoms in total. The molecule has 6 heteroatoms. The second-order valence-electron chi connectivity index (χ2n) is 5.71. The SMILES string of the molecule is CCC(=Cc1cccc(C=CC(=O)NOC2CCCCO2)c1)C(=O)O. The molecule has 1 heterocycles. The standard InChI is InChI=1S/C19H23NO5/c1-2-16(19(22)23)13-15-7-5-6-14(12-15)9-10-17(21)20-25-18-8-3-4-11-24-18/h5-7,9-10,12-13,18H,2-4,8,11H2,1H3,(H,20,21)(H,22,23). The Morgan fingerprint density at radius 3 is 2.84 bits per heavy atom. The smallest absolute Gasteiger partial charge is 0.331 e. The topological polar surface area (TPSA) is 84.9 Å². The van der Waals surface area contributed by atoms with Crippen molar-refractivity contribution in [3.05, 3.63) is 47.0 Å². The molecule has 134 valence electrons. The van der Waals surface area contributed by atoms with Crippen molar-refractivity contribution in [2.75, 3.05) is 6.61 Å². The van der Waals surface area contributed by atoms with E-state index in [-0.39, 0.29) is 12.2 Å². The van der Waals surface area contributed by atoms with E-state index in [1.807, 2.05) is 24.3 Å². The normalized spacial score (nSPS) is 18.3. The molecule has 25 heavy (non-hydrogen) atoms. The van der Waals surface area contributed by atoms with Gasteiger partial charge in [0.15, 0.2) is 6.29 Å². The second kappa shape index (κ2) is 9.76. The van der Waals surface area contributed by atoms with Crippen LogP contribution >= 0.6 is 0 Å². The molecule has 0 spiro atoms. The molecule has 1 atom stereocenters. The fourth-order valence-corrected chi connectivity index (χ4v) is 2.40. The van der Waals surface area contributed by atoms with E-state index in [2.05, 4.69) is 5.48 Å². The number of ether oxygens (including phenoxy) is 1. The van der Waals surface area contributed by atoms with Crippen molar-refractivity contribution >= 4 is 24.0 Å². The highest BCUT2D eigenvalue weighted by molar-refractivity contribution is 5.92. The highest BCUT2D eigenvalue weighted by Crippen LogP contribution is 2.14. The molecule has 1 unspecified atom stereocenters. The molecule has 1 fully saturated rings. The molecule has 1 aromatic rings. The summed E-state index contributed by atoms with van der Waals surface area (Å²) in [7, 11) is 0.